The number of nitrogens with zero attached hydrogens (tertiary/aromatic N) is 3. The number of piperazine rings is 1. The first-order chi connectivity index (χ1) is 7.77. The van der Waals surface area contributed by atoms with Crippen LogP contribution in [0.25, 0.3) is 0 Å². The zero-order valence-electron chi connectivity index (χ0n) is 9.65. The van der Waals surface area contributed by atoms with E-state index in [1.165, 1.54) is 0 Å². The maximum Gasteiger partial charge on any atom is 0.223 e. The molecule has 1 saturated heterocycles. The first-order valence-corrected chi connectivity index (χ1v) is 5.72. The number of aryl methyl sites for hydroxylation is 2. The zero-order valence-corrected chi connectivity index (χ0v) is 9.65. The largest absolute Gasteiger partial charge is 0.340 e. The Kier molecular flexibility index (Phi) is 3.56. The SMILES string of the molecule is Cn1ccnc1CCC(=O)N1CCNCC1. The molecule has 16 heavy (non-hydrogen) atoms. The van der Waals surface area contributed by atoms with Crippen LogP contribution >= 0.6 is 0 Å². The molecule has 0 aromatic carbocycles. The molecule has 0 atom stereocenters. The molecule has 1 fully saturated rings. The van der Waals surface area contributed by atoms with Crippen LogP contribution in [-0.4, -0.2) is 46.5 Å². The standard InChI is InChI=1S/C11H18N4O/c1-14-7-6-13-10(14)2-3-11(16)15-8-4-12-5-9-15/h6-7,12H,2-5,8-9H2,1H3. The van der Waals surface area contributed by atoms with Crippen LogP contribution in [0.2, 0.25) is 0 Å². The van der Waals surface area contributed by atoms with Crippen molar-refractivity contribution in [3.63, 3.8) is 0 Å². The second kappa shape index (κ2) is 5.12. The van der Waals surface area contributed by atoms with Crippen molar-refractivity contribution in [1.82, 2.24) is 19.8 Å². The van der Waals surface area contributed by atoms with Gasteiger partial charge >= 0.3 is 0 Å². The van der Waals surface area contributed by atoms with E-state index in [9.17, 15) is 4.79 Å². The lowest BCUT2D eigenvalue weighted by Gasteiger charge is -2.27. The van der Waals surface area contributed by atoms with E-state index in [1.807, 2.05) is 22.7 Å². The Bertz CT molecular complexity index is 355. The van der Waals surface area contributed by atoms with Crippen molar-refractivity contribution in [3.8, 4) is 0 Å². The Labute approximate surface area is 95.5 Å². The van der Waals surface area contributed by atoms with Crippen LogP contribution in [0.15, 0.2) is 12.4 Å². The summed E-state index contributed by atoms with van der Waals surface area (Å²) in [6.45, 7) is 3.49. The number of hydrogen-bond donors (Lipinski definition) is 1. The molecular formula is C11H18N4O. The van der Waals surface area contributed by atoms with Gasteiger partial charge in [-0.05, 0) is 0 Å². The first kappa shape index (κ1) is 11.1. The Morgan fingerprint density at radius 3 is 2.88 bits per heavy atom. The highest BCUT2D eigenvalue weighted by Gasteiger charge is 2.16. The average molecular weight is 222 g/mol. The third kappa shape index (κ3) is 2.61. The number of amides is 1. The van der Waals surface area contributed by atoms with Crippen molar-refractivity contribution < 1.29 is 4.79 Å². The molecule has 0 bridgehead atoms. The van der Waals surface area contributed by atoms with Gasteiger partial charge in [0.05, 0.1) is 0 Å². The lowest BCUT2D eigenvalue weighted by molar-refractivity contribution is -0.131. The van der Waals surface area contributed by atoms with Crippen LogP contribution in [0.4, 0.5) is 0 Å². The summed E-state index contributed by atoms with van der Waals surface area (Å²) in [4.78, 5) is 18.0. The minimum atomic E-state index is 0.240. The van der Waals surface area contributed by atoms with Crippen molar-refractivity contribution in [2.75, 3.05) is 26.2 Å². The van der Waals surface area contributed by atoms with E-state index in [1.54, 1.807) is 6.20 Å². The van der Waals surface area contributed by atoms with Gasteiger partial charge in [-0.2, -0.15) is 0 Å². The molecule has 88 valence electrons. The summed E-state index contributed by atoms with van der Waals surface area (Å²) in [5.74, 6) is 1.22. The Hall–Kier alpha value is -1.36. The Morgan fingerprint density at radius 2 is 2.25 bits per heavy atom. The number of carbonyl (C=O) groups excluding carboxylic acids is 1. The monoisotopic (exact) mass is 222 g/mol. The van der Waals surface area contributed by atoms with Crippen LogP contribution in [0.5, 0.6) is 0 Å². The lowest BCUT2D eigenvalue weighted by atomic mass is 10.2. The van der Waals surface area contributed by atoms with Crippen LogP contribution in [0.3, 0.4) is 0 Å². The van der Waals surface area contributed by atoms with Gasteiger partial charge in [-0.1, -0.05) is 0 Å². The maximum atomic E-state index is 11.9. The molecule has 0 unspecified atom stereocenters. The van der Waals surface area contributed by atoms with Gasteiger partial charge in [0.25, 0.3) is 0 Å². The van der Waals surface area contributed by atoms with E-state index in [2.05, 4.69) is 10.3 Å². The quantitative estimate of drug-likeness (QED) is 0.769. The van der Waals surface area contributed by atoms with Crippen LogP contribution in [-0.2, 0) is 18.3 Å². The number of rotatable bonds is 3. The van der Waals surface area contributed by atoms with E-state index < -0.39 is 0 Å². The van der Waals surface area contributed by atoms with Crippen molar-refractivity contribution in [3.05, 3.63) is 18.2 Å². The summed E-state index contributed by atoms with van der Waals surface area (Å²) in [6.07, 6.45) is 4.96. The number of nitrogens with one attached hydrogen (secondary N) is 1. The highest BCUT2D eigenvalue weighted by molar-refractivity contribution is 5.76. The molecule has 1 aliphatic rings. The summed E-state index contributed by atoms with van der Waals surface area (Å²) in [7, 11) is 1.96. The highest BCUT2D eigenvalue weighted by Crippen LogP contribution is 2.03. The van der Waals surface area contributed by atoms with Gasteiger partial charge in [-0.3, -0.25) is 4.79 Å². The van der Waals surface area contributed by atoms with E-state index in [0.717, 1.165) is 38.4 Å². The third-order valence-electron chi connectivity index (χ3n) is 2.95. The summed E-state index contributed by atoms with van der Waals surface area (Å²) in [5, 5.41) is 3.24. The summed E-state index contributed by atoms with van der Waals surface area (Å²) in [6, 6.07) is 0. The lowest BCUT2D eigenvalue weighted by Crippen LogP contribution is -2.46. The third-order valence-corrected chi connectivity index (χ3v) is 2.95. The molecule has 0 radical (unpaired) electrons. The zero-order chi connectivity index (χ0) is 11.4. The van der Waals surface area contributed by atoms with Gasteiger partial charge in [0.2, 0.25) is 5.91 Å². The number of aromatic nitrogens is 2. The molecule has 1 N–H and O–H groups in total. The molecule has 0 saturated carbocycles. The van der Waals surface area contributed by atoms with E-state index >= 15 is 0 Å². The second-order valence-corrected chi connectivity index (χ2v) is 4.09. The number of carbonyl (C=O) groups is 1. The molecule has 1 aromatic heterocycles. The molecule has 2 heterocycles. The molecule has 5 nitrogen and oxygen atoms in total. The molecule has 0 spiro atoms. The number of imidazole rings is 1. The van der Waals surface area contributed by atoms with Crippen molar-refractivity contribution in [2.24, 2.45) is 7.05 Å². The maximum absolute atomic E-state index is 11.9. The first-order valence-electron chi connectivity index (χ1n) is 5.72. The fraction of sp³-hybridized carbons (Fsp3) is 0.636. The van der Waals surface area contributed by atoms with Crippen molar-refractivity contribution in [1.29, 1.82) is 0 Å². The molecule has 2 rings (SSSR count). The van der Waals surface area contributed by atoms with Crippen molar-refractivity contribution >= 4 is 5.91 Å². The highest BCUT2D eigenvalue weighted by atomic mass is 16.2. The molecular weight excluding hydrogens is 204 g/mol. The molecule has 1 amide bonds. The Balaban J connectivity index is 1.81. The minimum Gasteiger partial charge on any atom is -0.340 e. The van der Waals surface area contributed by atoms with Gasteiger partial charge in [0.15, 0.2) is 0 Å². The van der Waals surface area contributed by atoms with E-state index in [4.69, 9.17) is 0 Å². The van der Waals surface area contributed by atoms with Gasteiger partial charge in [0.1, 0.15) is 5.82 Å². The fourth-order valence-corrected chi connectivity index (χ4v) is 1.93. The van der Waals surface area contributed by atoms with Crippen LogP contribution < -0.4 is 5.32 Å². The van der Waals surface area contributed by atoms with E-state index in [-0.39, 0.29) is 5.91 Å². The Morgan fingerprint density at radius 1 is 1.50 bits per heavy atom. The van der Waals surface area contributed by atoms with Gasteiger partial charge in [0, 0.05) is 58.5 Å². The summed E-state index contributed by atoms with van der Waals surface area (Å²) in [5.41, 5.74) is 0. The molecule has 1 aliphatic heterocycles. The molecule has 5 heteroatoms. The van der Waals surface area contributed by atoms with Gasteiger partial charge < -0.3 is 14.8 Å². The summed E-state index contributed by atoms with van der Waals surface area (Å²) < 4.78 is 1.96. The normalized spacial score (nSPS) is 16.4. The smallest absolute Gasteiger partial charge is 0.223 e. The second-order valence-electron chi connectivity index (χ2n) is 4.09. The topological polar surface area (TPSA) is 50.2 Å². The minimum absolute atomic E-state index is 0.240. The number of hydrogen-bond acceptors (Lipinski definition) is 3. The van der Waals surface area contributed by atoms with Gasteiger partial charge in [-0.25, -0.2) is 4.98 Å². The predicted molar refractivity (Wildman–Crippen MR) is 61.0 cm³/mol. The van der Waals surface area contributed by atoms with Crippen molar-refractivity contribution in [2.45, 2.75) is 12.8 Å². The van der Waals surface area contributed by atoms with Crippen LogP contribution in [0, 0.1) is 0 Å². The van der Waals surface area contributed by atoms with Crippen LogP contribution in [0.1, 0.15) is 12.2 Å². The average Bonchev–Trinajstić information content (AvgIpc) is 2.73. The molecule has 1 aromatic rings. The predicted octanol–water partition coefficient (Wildman–Crippen LogP) is -0.215. The van der Waals surface area contributed by atoms with E-state index in [0.29, 0.717) is 6.42 Å². The summed E-state index contributed by atoms with van der Waals surface area (Å²) >= 11 is 0. The van der Waals surface area contributed by atoms with Gasteiger partial charge in [-0.15, -0.1) is 0 Å². The fourth-order valence-electron chi connectivity index (χ4n) is 1.93. The molecule has 0 aliphatic carbocycles.